The number of carboxylic acid groups (broad SMARTS) is 1. The topological polar surface area (TPSA) is 49.3 Å². The molecule has 1 atom stereocenters. The molecular weight excluding hydrogens is 178 g/mol. The lowest BCUT2D eigenvalue weighted by Gasteiger charge is -2.23. The number of carbonyl (C=O) groups is 1. The van der Waals surface area contributed by atoms with Crippen LogP contribution >= 0.6 is 0 Å². The number of anilines is 1. The molecule has 14 heavy (non-hydrogen) atoms. The summed E-state index contributed by atoms with van der Waals surface area (Å²) in [6.07, 6.45) is 0.962. The molecule has 1 heterocycles. The average molecular weight is 191 g/mol. The van der Waals surface area contributed by atoms with Crippen molar-refractivity contribution in [3.8, 4) is 0 Å². The maximum absolute atomic E-state index is 10.7. The fraction of sp³-hybridized carbons (Fsp3) is 0.364. The molecule has 2 rings (SSSR count). The Morgan fingerprint density at radius 1 is 1.57 bits per heavy atom. The lowest BCUT2D eigenvalue weighted by Crippen LogP contribution is -2.20. The Hall–Kier alpha value is -1.51. The van der Waals surface area contributed by atoms with Gasteiger partial charge in [-0.2, -0.15) is 0 Å². The van der Waals surface area contributed by atoms with Gasteiger partial charge in [0.25, 0.3) is 0 Å². The van der Waals surface area contributed by atoms with Crippen molar-refractivity contribution in [1.82, 2.24) is 0 Å². The van der Waals surface area contributed by atoms with E-state index in [1.165, 1.54) is 0 Å². The van der Waals surface area contributed by atoms with Gasteiger partial charge in [0.2, 0.25) is 0 Å². The maximum atomic E-state index is 10.7. The fourth-order valence-electron chi connectivity index (χ4n) is 1.80. The summed E-state index contributed by atoms with van der Waals surface area (Å²) in [7, 11) is 0. The normalized spacial score (nSPS) is 19.6. The van der Waals surface area contributed by atoms with Crippen molar-refractivity contribution in [2.45, 2.75) is 13.3 Å². The van der Waals surface area contributed by atoms with E-state index in [1.54, 1.807) is 12.1 Å². The Morgan fingerprint density at radius 2 is 2.36 bits per heavy atom. The monoisotopic (exact) mass is 191 g/mol. The summed E-state index contributed by atoms with van der Waals surface area (Å²) in [6, 6.07) is 5.26. The van der Waals surface area contributed by atoms with Crippen LogP contribution in [0.2, 0.25) is 0 Å². The molecule has 0 aliphatic carbocycles. The molecule has 1 aliphatic rings. The molecule has 3 heteroatoms. The smallest absolute Gasteiger partial charge is 0.335 e. The van der Waals surface area contributed by atoms with Gasteiger partial charge in [0, 0.05) is 12.2 Å². The van der Waals surface area contributed by atoms with Gasteiger partial charge in [0.1, 0.15) is 0 Å². The number of benzene rings is 1. The van der Waals surface area contributed by atoms with Crippen molar-refractivity contribution in [3.05, 3.63) is 29.3 Å². The van der Waals surface area contributed by atoms with Crippen LogP contribution in [0.3, 0.4) is 0 Å². The lowest BCUT2D eigenvalue weighted by molar-refractivity contribution is 0.0697. The first kappa shape index (κ1) is 9.06. The largest absolute Gasteiger partial charge is 0.478 e. The highest BCUT2D eigenvalue weighted by Crippen LogP contribution is 2.25. The molecule has 1 aliphatic heterocycles. The zero-order chi connectivity index (χ0) is 10.1. The minimum Gasteiger partial charge on any atom is -0.478 e. The van der Waals surface area contributed by atoms with Crippen LogP contribution in [0.25, 0.3) is 0 Å². The minimum absolute atomic E-state index is 0.375. The van der Waals surface area contributed by atoms with Gasteiger partial charge in [0.05, 0.1) is 5.56 Å². The third-order valence-electron chi connectivity index (χ3n) is 2.56. The van der Waals surface area contributed by atoms with Crippen molar-refractivity contribution in [1.29, 1.82) is 0 Å². The Morgan fingerprint density at radius 3 is 3.07 bits per heavy atom. The van der Waals surface area contributed by atoms with Crippen LogP contribution in [-0.4, -0.2) is 17.6 Å². The first-order valence-electron chi connectivity index (χ1n) is 4.77. The average Bonchev–Trinajstić information content (AvgIpc) is 2.16. The van der Waals surface area contributed by atoms with Crippen LogP contribution in [0.15, 0.2) is 18.2 Å². The number of fused-ring (bicyclic) bond motifs is 1. The van der Waals surface area contributed by atoms with Crippen molar-refractivity contribution < 1.29 is 9.90 Å². The standard InChI is InChI=1S/C11H13NO2/c1-7-4-9-5-8(11(13)14)2-3-10(9)12-6-7/h2-3,5,7,12H,4,6H2,1H3,(H,13,14)/t7-/m0/s1. The maximum Gasteiger partial charge on any atom is 0.335 e. The van der Waals surface area contributed by atoms with Crippen molar-refractivity contribution in [3.63, 3.8) is 0 Å². The molecule has 0 fully saturated rings. The van der Waals surface area contributed by atoms with Crippen LogP contribution in [0.4, 0.5) is 5.69 Å². The number of nitrogens with one attached hydrogen (secondary N) is 1. The number of carboxylic acids is 1. The Bertz CT molecular complexity index is 374. The van der Waals surface area contributed by atoms with Gasteiger partial charge in [0.15, 0.2) is 0 Å². The van der Waals surface area contributed by atoms with E-state index in [4.69, 9.17) is 5.11 Å². The van der Waals surface area contributed by atoms with Gasteiger partial charge in [-0.05, 0) is 36.1 Å². The lowest BCUT2D eigenvalue weighted by atomic mass is 9.94. The molecule has 0 aromatic heterocycles. The van der Waals surface area contributed by atoms with Crippen molar-refractivity contribution in [2.24, 2.45) is 5.92 Å². The van der Waals surface area contributed by atoms with E-state index in [0.717, 1.165) is 24.2 Å². The van der Waals surface area contributed by atoms with Crippen molar-refractivity contribution >= 4 is 11.7 Å². The molecule has 2 N–H and O–H groups in total. The second-order valence-electron chi connectivity index (χ2n) is 3.87. The van der Waals surface area contributed by atoms with Crippen LogP contribution < -0.4 is 5.32 Å². The summed E-state index contributed by atoms with van der Waals surface area (Å²) in [6.45, 7) is 3.13. The highest BCUT2D eigenvalue weighted by Gasteiger charge is 2.15. The van der Waals surface area contributed by atoms with Gasteiger partial charge in [-0.25, -0.2) is 4.79 Å². The molecule has 74 valence electrons. The van der Waals surface area contributed by atoms with Gasteiger partial charge in [-0.3, -0.25) is 0 Å². The predicted octanol–water partition coefficient (Wildman–Crippen LogP) is 1.99. The van der Waals surface area contributed by atoms with E-state index in [1.807, 2.05) is 6.07 Å². The highest BCUT2D eigenvalue weighted by molar-refractivity contribution is 5.88. The summed E-state index contributed by atoms with van der Waals surface area (Å²) in [5.74, 6) is -0.280. The molecule has 0 bridgehead atoms. The fourth-order valence-corrected chi connectivity index (χ4v) is 1.80. The number of aromatic carboxylic acids is 1. The zero-order valence-corrected chi connectivity index (χ0v) is 8.08. The van der Waals surface area contributed by atoms with Gasteiger partial charge in [-0.15, -0.1) is 0 Å². The second-order valence-corrected chi connectivity index (χ2v) is 3.87. The SMILES string of the molecule is C[C@@H]1CNc2ccc(C(=O)O)cc2C1. The third-order valence-corrected chi connectivity index (χ3v) is 2.56. The number of hydrogen-bond acceptors (Lipinski definition) is 2. The first-order valence-corrected chi connectivity index (χ1v) is 4.77. The van der Waals surface area contributed by atoms with E-state index < -0.39 is 5.97 Å². The molecule has 0 amide bonds. The third kappa shape index (κ3) is 1.58. The Balaban J connectivity index is 2.37. The van der Waals surface area contributed by atoms with E-state index in [0.29, 0.717) is 11.5 Å². The van der Waals surface area contributed by atoms with Crippen LogP contribution in [-0.2, 0) is 6.42 Å². The Kier molecular flexibility index (Phi) is 2.15. The van der Waals surface area contributed by atoms with Crippen molar-refractivity contribution in [2.75, 3.05) is 11.9 Å². The minimum atomic E-state index is -0.856. The second kappa shape index (κ2) is 3.33. The van der Waals surface area contributed by atoms with E-state index >= 15 is 0 Å². The zero-order valence-electron chi connectivity index (χ0n) is 8.08. The van der Waals surface area contributed by atoms with E-state index in [2.05, 4.69) is 12.2 Å². The van der Waals surface area contributed by atoms with Gasteiger partial charge < -0.3 is 10.4 Å². The molecule has 0 saturated heterocycles. The molecule has 0 saturated carbocycles. The molecule has 0 unspecified atom stereocenters. The van der Waals surface area contributed by atoms with E-state index in [9.17, 15) is 4.79 Å². The van der Waals surface area contributed by atoms with Crippen LogP contribution in [0.1, 0.15) is 22.8 Å². The van der Waals surface area contributed by atoms with Gasteiger partial charge in [-0.1, -0.05) is 6.92 Å². The summed E-state index contributed by atoms with van der Waals surface area (Å²) >= 11 is 0. The molecule has 1 aromatic carbocycles. The molecule has 3 nitrogen and oxygen atoms in total. The first-order chi connectivity index (χ1) is 6.66. The summed E-state index contributed by atoms with van der Waals surface area (Å²) < 4.78 is 0. The molecule has 0 spiro atoms. The summed E-state index contributed by atoms with van der Waals surface area (Å²) in [5, 5.41) is 12.1. The van der Waals surface area contributed by atoms with Gasteiger partial charge >= 0.3 is 5.97 Å². The summed E-state index contributed by atoms with van der Waals surface area (Å²) in [4.78, 5) is 10.7. The van der Waals surface area contributed by atoms with Crippen LogP contribution in [0, 0.1) is 5.92 Å². The van der Waals surface area contributed by atoms with E-state index in [-0.39, 0.29) is 0 Å². The van der Waals surface area contributed by atoms with Crippen LogP contribution in [0.5, 0.6) is 0 Å². The predicted molar refractivity (Wildman–Crippen MR) is 54.8 cm³/mol. The molecule has 1 aromatic rings. The Labute approximate surface area is 82.8 Å². The number of rotatable bonds is 1. The highest BCUT2D eigenvalue weighted by atomic mass is 16.4. The molecular formula is C11H13NO2. The quantitative estimate of drug-likeness (QED) is 0.713. The number of hydrogen-bond donors (Lipinski definition) is 2. The molecule has 0 radical (unpaired) electrons. The summed E-state index contributed by atoms with van der Waals surface area (Å²) in [5.41, 5.74) is 2.57.